The average molecular weight is 370 g/mol. The van der Waals surface area contributed by atoms with Crippen molar-refractivity contribution in [1.82, 2.24) is 4.90 Å². The van der Waals surface area contributed by atoms with E-state index in [1.807, 2.05) is 13.0 Å². The van der Waals surface area contributed by atoms with Gasteiger partial charge in [0, 0.05) is 19.3 Å². The second-order valence-corrected chi connectivity index (χ2v) is 7.48. The fourth-order valence-corrected chi connectivity index (χ4v) is 3.88. The van der Waals surface area contributed by atoms with Crippen LogP contribution in [0.2, 0.25) is 0 Å². The van der Waals surface area contributed by atoms with Crippen LogP contribution in [0.5, 0.6) is 0 Å². The predicted octanol–water partition coefficient (Wildman–Crippen LogP) is 1.89. The smallest absolute Gasteiger partial charge is 0.280 e. The van der Waals surface area contributed by atoms with Gasteiger partial charge in [-0.2, -0.15) is 0 Å². The molecule has 1 atom stereocenters. The highest BCUT2D eigenvalue weighted by Crippen LogP contribution is 2.19. The number of hydrogen-bond acceptors (Lipinski definition) is 2. The third-order valence-corrected chi connectivity index (χ3v) is 5.53. The van der Waals surface area contributed by atoms with Crippen LogP contribution in [0.4, 0.5) is 10.1 Å². The molecule has 1 saturated heterocycles. The van der Waals surface area contributed by atoms with Crippen molar-refractivity contribution in [3.05, 3.63) is 65.5 Å². The van der Waals surface area contributed by atoms with Crippen molar-refractivity contribution in [3.63, 3.8) is 0 Å². The summed E-state index contributed by atoms with van der Waals surface area (Å²) in [5.74, 6) is -0.155. The Kier molecular flexibility index (Phi) is 6.11. The van der Waals surface area contributed by atoms with E-state index >= 15 is 0 Å². The first-order valence-corrected chi connectivity index (χ1v) is 9.60. The van der Waals surface area contributed by atoms with Crippen LogP contribution in [0.15, 0.2) is 48.5 Å². The number of aryl methyl sites for hydroxylation is 1. The summed E-state index contributed by atoms with van der Waals surface area (Å²) in [7, 11) is 1.80. The quantitative estimate of drug-likeness (QED) is 0.871. The summed E-state index contributed by atoms with van der Waals surface area (Å²) in [6, 6.07) is 14.8. The Labute approximate surface area is 161 Å². The predicted molar refractivity (Wildman–Crippen MR) is 106 cm³/mol. The molecule has 27 heavy (non-hydrogen) atoms. The molecule has 0 radical (unpaired) electrons. The van der Waals surface area contributed by atoms with Crippen molar-refractivity contribution in [2.45, 2.75) is 26.4 Å². The Bertz CT molecular complexity index is 787. The minimum Gasteiger partial charge on any atom is -0.360 e. The van der Waals surface area contributed by atoms with Crippen molar-refractivity contribution in [1.29, 1.82) is 0 Å². The van der Waals surface area contributed by atoms with E-state index in [0.717, 1.165) is 31.7 Å². The minimum absolute atomic E-state index is 0.0948. The van der Waals surface area contributed by atoms with Gasteiger partial charge in [0.25, 0.3) is 5.91 Å². The third kappa shape index (κ3) is 4.66. The van der Waals surface area contributed by atoms with E-state index in [-0.39, 0.29) is 17.8 Å². The number of quaternary nitrogens is 1. The van der Waals surface area contributed by atoms with Crippen LogP contribution in [0.3, 0.4) is 0 Å². The van der Waals surface area contributed by atoms with Crippen molar-refractivity contribution in [3.8, 4) is 0 Å². The number of rotatable bonds is 5. The lowest BCUT2D eigenvalue weighted by Gasteiger charge is -2.37. The number of carbonyl (C=O) groups excluding carboxylic acids is 1. The van der Waals surface area contributed by atoms with Crippen LogP contribution in [-0.4, -0.2) is 50.1 Å². The van der Waals surface area contributed by atoms with Gasteiger partial charge < -0.3 is 14.7 Å². The molecule has 1 aliphatic heterocycles. The van der Waals surface area contributed by atoms with Crippen LogP contribution in [0, 0.1) is 12.7 Å². The molecular formula is C22H29FN3O+. The molecule has 4 nitrogen and oxygen atoms in total. The van der Waals surface area contributed by atoms with Gasteiger partial charge in [-0.05, 0) is 43.2 Å². The number of benzene rings is 2. The molecule has 0 aromatic heterocycles. The number of likely N-dealkylation sites (N-methyl/N-ethyl adjacent to an activating group) is 1. The molecule has 1 N–H and O–H groups in total. The molecule has 5 heteroatoms. The zero-order valence-corrected chi connectivity index (χ0v) is 16.4. The molecule has 2 aromatic rings. The fraction of sp³-hybridized carbons (Fsp3) is 0.409. The lowest BCUT2D eigenvalue weighted by atomic mass is 10.1. The van der Waals surface area contributed by atoms with Gasteiger partial charge >= 0.3 is 0 Å². The normalized spacial score (nSPS) is 16.2. The van der Waals surface area contributed by atoms with Crippen LogP contribution in [0.1, 0.15) is 18.1 Å². The van der Waals surface area contributed by atoms with Gasteiger partial charge in [0.2, 0.25) is 0 Å². The van der Waals surface area contributed by atoms with Crippen LogP contribution in [0.25, 0.3) is 0 Å². The molecule has 1 amide bonds. The maximum Gasteiger partial charge on any atom is 0.280 e. The second kappa shape index (κ2) is 8.53. The molecule has 3 rings (SSSR count). The van der Waals surface area contributed by atoms with Gasteiger partial charge in [-0.25, -0.2) is 4.39 Å². The second-order valence-electron chi connectivity index (χ2n) is 7.48. The third-order valence-electron chi connectivity index (χ3n) is 5.53. The van der Waals surface area contributed by atoms with Crippen molar-refractivity contribution in [2.24, 2.45) is 0 Å². The molecule has 0 saturated carbocycles. The average Bonchev–Trinajstić information content (AvgIpc) is 2.67. The van der Waals surface area contributed by atoms with Crippen LogP contribution < -0.4 is 9.80 Å². The summed E-state index contributed by atoms with van der Waals surface area (Å²) in [6.45, 7) is 8.36. The highest BCUT2D eigenvalue weighted by atomic mass is 19.1. The summed E-state index contributed by atoms with van der Waals surface area (Å²) in [5, 5.41) is 0. The van der Waals surface area contributed by atoms with Crippen molar-refractivity contribution in [2.75, 3.05) is 38.1 Å². The first-order valence-electron chi connectivity index (χ1n) is 9.60. The van der Waals surface area contributed by atoms with Gasteiger partial charge in [0.05, 0.1) is 26.2 Å². The van der Waals surface area contributed by atoms with E-state index in [1.165, 1.54) is 28.3 Å². The number of nitrogens with zero attached hydrogens (tertiary/aromatic N) is 2. The lowest BCUT2D eigenvalue weighted by molar-refractivity contribution is -0.915. The Balaban J connectivity index is 1.56. The van der Waals surface area contributed by atoms with E-state index in [0.29, 0.717) is 6.54 Å². The molecule has 0 spiro atoms. The molecule has 0 aliphatic carbocycles. The number of hydrogen-bond donors (Lipinski definition) is 1. The first kappa shape index (κ1) is 19.4. The van der Waals surface area contributed by atoms with E-state index in [1.54, 1.807) is 18.0 Å². The Morgan fingerprint density at radius 3 is 2.56 bits per heavy atom. The van der Waals surface area contributed by atoms with E-state index in [9.17, 15) is 9.18 Å². The molecule has 1 heterocycles. The zero-order chi connectivity index (χ0) is 19.4. The molecule has 0 bridgehead atoms. The highest BCUT2D eigenvalue weighted by Gasteiger charge is 2.31. The van der Waals surface area contributed by atoms with Crippen molar-refractivity contribution < 1.29 is 14.1 Å². The zero-order valence-electron chi connectivity index (χ0n) is 16.4. The number of para-hydroxylation sites is 1. The molecule has 2 aromatic carbocycles. The first-order chi connectivity index (χ1) is 13.0. The number of carbonyl (C=O) groups is 1. The highest BCUT2D eigenvalue weighted by molar-refractivity contribution is 5.79. The number of halogens is 1. The molecule has 1 fully saturated rings. The van der Waals surface area contributed by atoms with Crippen molar-refractivity contribution >= 4 is 11.6 Å². The van der Waals surface area contributed by atoms with Gasteiger partial charge in [0.1, 0.15) is 5.82 Å². The van der Waals surface area contributed by atoms with Gasteiger partial charge in [-0.1, -0.05) is 30.3 Å². The Morgan fingerprint density at radius 1 is 1.19 bits per heavy atom. The maximum absolute atomic E-state index is 13.4. The molecule has 0 unspecified atom stereocenters. The van der Waals surface area contributed by atoms with Crippen LogP contribution in [-0.2, 0) is 11.3 Å². The summed E-state index contributed by atoms with van der Waals surface area (Å²) < 4.78 is 13.4. The van der Waals surface area contributed by atoms with Gasteiger partial charge in [0.15, 0.2) is 6.04 Å². The van der Waals surface area contributed by atoms with E-state index in [4.69, 9.17) is 0 Å². The lowest BCUT2D eigenvalue weighted by Crippen LogP contribution is -3.19. The summed E-state index contributed by atoms with van der Waals surface area (Å²) in [5.41, 5.74) is 3.40. The Morgan fingerprint density at radius 2 is 1.89 bits per heavy atom. The Hall–Kier alpha value is -2.40. The van der Waals surface area contributed by atoms with Crippen LogP contribution >= 0.6 is 0 Å². The molecule has 144 valence electrons. The molecular weight excluding hydrogens is 341 g/mol. The minimum atomic E-state index is -0.264. The maximum atomic E-state index is 13.4. The summed E-state index contributed by atoms with van der Waals surface area (Å²) in [6.07, 6.45) is 0. The van der Waals surface area contributed by atoms with Gasteiger partial charge in [-0.15, -0.1) is 0 Å². The topological polar surface area (TPSA) is 28.0 Å². The monoisotopic (exact) mass is 370 g/mol. The molecule has 1 aliphatic rings. The largest absolute Gasteiger partial charge is 0.360 e. The van der Waals surface area contributed by atoms with Gasteiger partial charge in [-0.3, -0.25) is 4.79 Å². The number of piperazine rings is 1. The SMILES string of the molecule is Cc1ccccc1N1CC[NH+]([C@H](C)C(=O)N(C)Cc2cccc(F)c2)CC1. The van der Waals surface area contributed by atoms with E-state index < -0.39 is 0 Å². The number of anilines is 1. The van der Waals surface area contributed by atoms with E-state index in [2.05, 4.69) is 36.1 Å². The fourth-order valence-electron chi connectivity index (χ4n) is 3.88. The number of nitrogens with one attached hydrogen (secondary N) is 1. The standard InChI is InChI=1S/C22H28FN3O/c1-17-7-4-5-10-21(17)26-13-11-25(12-14-26)18(2)22(27)24(3)16-19-8-6-9-20(23)15-19/h4-10,15,18H,11-14,16H2,1-3H3/p+1/t18-/m1/s1. The summed E-state index contributed by atoms with van der Waals surface area (Å²) in [4.78, 5) is 18.3. The number of amides is 1. The summed E-state index contributed by atoms with van der Waals surface area (Å²) >= 11 is 0.